The Morgan fingerprint density at radius 1 is 1.86 bits per heavy atom. The molecule has 0 aliphatic heterocycles. The smallest absolute Gasteiger partial charge is 0.136 e. The molecular formula is C4H9NO2. The summed E-state index contributed by atoms with van der Waals surface area (Å²) in [5, 5.41) is 8.13. The molecule has 0 aromatic rings. The van der Waals surface area contributed by atoms with Crippen LogP contribution in [0.3, 0.4) is 0 Å². The molecule has 0 radical (unpaired) electrons. The average Bonchev–Trinajstić information content (AvgIpc) is 1.68. The maximum atomic E-state index is 9.66. The van der Waals surface area contributed by atoms with Gasteiger partial charge in [0.15, 0.2) is 0 Å². The molecule has 7 heavy (non-hydrogen) atoms. The van der Waals surface area contributed by atoms with Crippen molar-refractivity contribution in [1.29, 1.82) is 0 Å². The Hall–Kier alpha value is -0.410. The van der Waals surface area contributed by atoms with Crippen molar-refractivity contribution >= 4 is 6.29 Å². The van der Waals surface area contributed by atoms with Crippen LogP contribution in [0.2, 0.25) is 0 Å². The van der Waals surface area contributed by atoms with Crippen LogP contribution in [0, 0.1) is 0 Å². The van der Waals surface area contributed by atoms with Gasteiger partial charge in [0, 0.05) is 6.61 Å². The third kappa shape index (κ3) is 3.42. The molecule has 0 aliphatic rings. The number of rotatable bonds is 3. The van der Waals surface area contributed by atoms with Gasteiger partial charge in [-0.05, 0) is 6.42 Å². The Labute approximate surface area is 42.1 Å². The quantitative estimate of drug-likeness (QED) is 0.445. The molecule has 0 fully saturated rings. The Kier molecular flexibility index (Phi) is 3.55. The standard InChI is InChI=1S/C4H9NO2/c5-4(3-7)1-2-6/h3-4,6H,1-2,5H2/t4-/m1/s1. The zero-order valence-corrected chi connectivity index (χ0v) is 4.00. The van der Waals surface area contributed by atoms with Gasteiger partial charge in [0.2, 0.25) is 0 Å². The summed E-state index contributed by atoms with van der Waals surface area (Å²) in [7, 11) is 0. The summed E-state index contributed by atoms with van der Waals surface area (Å²) in [6.07, 6.45) is 0.986. The zero-order chi connectivity index (χ0) is 5.70. The fraction of sp³-hybridized carbons (Fsp3) is 0.750. The van der Waals surface area contributed by atoms with Crippen LogP contribution in [0.25, 0.3) is 0 Å². The van der Waals surface area contributed by atoms with E-state index in [9.17, 15) is 4.79 Å². The first-order valence-corrected chi connectivity index (χ1v) is 2.13. The third-order valence-electron chi connectivity index (χ3n) is 0.637. The van der Waals surface area contributed by atoms with E-state index in [-0.39, 0.29) is 6.61 Å². The molecule has 0 aromatic heterocycles. The van der Waals surface area contributed by atoms with Crippen LogP contribution in [0.4, 0.5) is 0 Å². The van der Waals surface area contributed by atoms with Gasteiger partial charge in [0.05, 0.1) is 6.04 Å². The molecule has 0 unspecified atom stereocenters. The van der Waals surface area contributed by atoms with Gasteiger partial charge in [0.1, 0.15) is 6.29 Å². The van der Waals surface area contributed by atoms with Crippen molar-refractivity contribution in [2.45, 2.75) is 12.5 Å². The summed E-state index contributed by atoms with van der Waals surface area (Å²) in [6.45, 7) is -0.0140. The highest BCUT2D eigenvalue weighted by molar-refractivity contribution is 5.56. The van der Waals surface area contributed by atoms with E-state index in [0.717, 1.165) is 0 Å². The van der Waals surface area contributed by atoms with Gasteiger partial charge in [-0.2, -0.15) is 0 Å². The van der Waals surface area contributed by atoms with E-state index in [1.807, 2.05) is 0 Å². The second kappa shape index (κ2) is 3.77. The second-order valence-electron chi connectivity index (χ2n) is 1.31. The van der Waals surface area contributed by atoms with Crippen LogP contribution in [-0.4, -0.2) is 24.0 Å². The van der Waals surface area contributed by atoms with Crippen molar-refractivity contribution in [3.05, 3.63) is 0 Å². The predicted molar refractivity (Wildman–Crippen MR) is 25.7 cm³/mol. The van der Waals surface area contributed by atoms with Crippen molar-refractivity contribution in [3.8, 4) is 0 Å². The molecule has 0 aliphatic carbocycles. The van der Waals surface area contributed by atoms with Crippen molar-refractivity contribution in [2.24, 2.45) is 5.73 Å². The summed E-state index contributed by atoms with van der Waals surface area (Å²) in [6, 6.07) is -0.481. The number of nitrogens with two attached hydrogens (primary N) is 1. The Morgan fingerprint density at radius 3 is 2.57 bits per heavy atom. The van der Waals surface area contributed by atoms with E-state index in [1.54, 1.807) is 0 Å². The summed E-state index contributed by atoms with van der Waals surface area (Å²) >= 11 is 0. The molecule has 0 saturated carbocycles. The lowest BCUT2D eigenvalue weighted by atomic mass is 10.3. The first-order chi connectivity index (χ1) is 3.31. The van der Waals surface area contributed by atoms with Gasteiger partial charge < -0.3 is 15.6 Å². The van der Waals surface area contributed by atoms with Crippen LogP contribution < -0.4 is 5.73 Å². The van der Waals surface area contributed by atoms with E-state index >= 15 is 0 Å². The highest BCUT2D eigenvalue weighted by Gasteiger charge is 1.94. The van der Waals surface area contributed by atoms with E-state index < -0.39 is 6.04 Å². The molecule has 0 amide bonds. The molecule has 3 nitrogen and oxygen atoms in total. The van der Waals surface area contributed by atoms with E-state index in [0.29, 0.717) is 12.7 Å². The van der Waals surface area contributed by atoms with Gasteiger partial charge in [-0.3, -0.25) is 0 Å². The van der Waals surface area contributed by atoms with Crippen molar-refractivity contribution in [3.63, 3.8) is 0 Å². The van der Waals surface area contributed by atoms with E-state index in [2.05, 4.69) is 0 Å². The SMILES string of the molecule is N[C@@H](C=O)CCO. The molecule has 3 heteroatoms. The topological polar surface area (TPSA) is 63.3 Å². The molecule has 1 atom stereocenters. The molecule has 3 N–H and O–H groups in total. The molecular weight excluding hydrogens is 94.0 g/mol. The van der Waals surface area contributed by atoms with E-state index in [4.69, 9.17) is 10.8 Å². The first-order valence-electron chi connectivity index (χ1n) is 2.13. The highest BCUT2D eigenvalue weighted by Crippen LogP contribution is 1.77. The number of carbonyl (C=O) groups excluding carboxylic acids is 1. The molecule has 0 spiro atoms. The Bertz CT molecular complexity index is 55.7. The number of aliphatic hydroxyl groups excluding tert-OH is 1. The molecule has 0 saturated heterocycles. The van der Waals surface area contributed by atoms with Crippen LogP contribution >= 0.6 is 0 Å². The van der Waals surface area contributed by atoms with Crippen molar-refractivity contribution in [1.82, 2.24) is 0 Å². The lowest BCUT2D eigenvalue weighted by molar-refractivity contribution is -0.109. The van der Waals surface area contributed by atoms with E-state index in [1.165, 1.54) is 0 Å². The normalized spacial score (nSPS) is 13.4. The van der Waals surface area contributed by atoms with Gasteiger partial charge in [-0.15, -0.1) is 0 Å². The number of hydrogen-bond acceptors (Lipinski definition) is 3. The Balaban J connectivity index is 2.98. The maximum Gasteiger partial charge on any atom is 0.136 e. The number of aldehydes is 1. The summed E-state index contributed by atoms with van der Waals surface area (Å²) in [5.41, 5.74) is 5.06. The second-order valence-corrected chi connectivity index (χ2v) is 1.31. The minimum absolute atomic E-state index is 0.0140. The summed E-state index contributed by atoms with van der Waals surface area (Å²) in [5.74, 6) is 0. The fourth-order valence-electron chi connectivity index (χ4n) is 0.217. The van der Waals surface area contributed by atoms with Crippen LogP contribution in [0.15, 0.2) is 0 Å². The van der Waals surface area contributed by atoms with Crippen LogP contribution in [0.5, 0.6) is 0 Å². The number of aliphatic hydroxyl groups is 1. The zero-order valence-electron chi connectivity index (χ0n) is 4.00. The fourth-order valence-corrected chi connectivity index (χ4v) is 0.217. The molecule has 0 bridgehead atoms. The molecule has 0 rings (SSSR count). The van der Waals surface area contributed by atoms with Crippen LogP contribution in [0.1, 0.15) is 6.42 Å². The minimum Gasteiger partial charge on any atom is -0.396 e. The monoisotopic (exact) mass is 103 g/mol. The predicted octanol–water partition coefficient (Wildman–Crippen LogP) is -1.10. The number of carbonyl (C=O) groups is 1. The van der Waals surface area contributed by atoms with Gasteiger partial charge in [-0.1, -0.05) is 0 Å². The van der Waals surface area contributed by atoms with Crippen LogP contribution in [-0.2, 0) is 4.79 Å². The molecule has 0 heterocycles. The van der Waals surface area contributed by atoms with Crippen molar-refractivity contribution in [2.75, 3.05) is 6.61 Å². The highest BCUT2D eigenvalue weighted by atomic mass is 16.3. The largest absolute Gasteiger partial charge is 0.396 e. The Morgan fingerprint density at radius 2 is 2.43 bits per heavy atom. The first kappa shape index (κ1) is 6.59. The number of hydrogen-bond donors (Lipinski definition) is 2. The molecule has 0 aromatic carbocycles. The summed E-state index contributed by atoms with van der Waals surface area (Å²) in [4.78, 5) is 9.66. The summed E-state index contributed by atoms with van der Waals surface area (Å²) < 4.78 is 0. The maximum absolute atomic E-state index is 9.66. The minimum atomic E-state index is -0.481. The van der Waals surface area contributed by atoms with Gasteiger partial charge in [-0.25, -0.2) is 0 Å². The van der Waals surface area contributed by atoms with Crippen molar-refractivity contribution < 1.29 is 9.90 Å². The molecule has 42 valence electrons. The van der Waals surface area contributed by atoms with Gasteiger partial charge in [0.25, 0.3) is 0 Å². The van der Waals surface area contributed by atoms with Gasteiger partial charge >= 0.3 is 0 Å². The lowest BCUT2D eigenvalue weighted by Crippen LogP contribution is -2.22. The average molecular weight is 103 g/mol. The lowest BCUT2D eigenvalue weighted by Gasteiger charge is -1.95. The third-order valence-corrected chi connectivity index (χ3v) is 0.637.